The largest absolute Gasteiger partial charge is 0.743 e. The van der Waals surface area contributed by atoms with Crippen molar-refractivity contribution in [2.45, 2.75) is 135 Å². The van der Waals surface area contributed by atoms with Crippen LogP contribution in [0.1, 0.15) is 74.1 Å². The van der Waals surface area contributed by atoms with Crippen LogP contribution in [-0.2, 0) is 63.9 Å². The molecular weight excluding hydrogens is 1060 g/mol. The van der Waals surface area contributed by atoms with Gasteiger partial charge < -0.3 is 38.5 Å². The van der Waals surface area contributed by atoms with E-state index in [1.807, 2.05) is 0 Å². The number of hydrogen-bond donors (Lipinski definition) is 2. The molecule has 0 spiro atoms. The summed E-state index contributed by atoms with van der Waals surface area (Å²) in [6, 6.07) is 32.2. The SMILES string of the molecule is C=C(C)C(=O)OC1CC(C(C)(O)C(F)(F)F)CC(C(C)(O)C(F)(F)F)C1.C=C(C)C(=O)OC1CCOC1=O.C=C(COCC(F)(F)S(=O)(=O)[O-])C(=O)OC(C)(C)C.c1ccc([S+](c2ccccc2)c2ccccc2)cc1. The molecule has 2 aliphatic rings. The van der Waals surface area contributed by atoms with Crippen LogP contribution in [-0.4, -0.2) is 113 Å². The molecule has 2 N–H and O–H groups in total. The fourth-order valence-electron chi connectivity index (χ4n) is 6.66. The number of carbonyl (C=O) groups is 4. The standard InChI is InChI=1S/C18H15S.C16H22F6O4.C10H16F2O6S.C8H10O4/c1-4-10-16(11-5-1)19(17-12-6-2-7-13-17)18-14-8-3-9-15-18;1-8(2)12(23)26-11-6-9(13(3,24)15(17,18)19)5-10(7-11)14(4,25)16(20,21)22;1-7(8(13)18-9(2,3)4)5-17-6-10(11,12)19(14,15)16;1-5(2)7(9)12-6-3-4-11-8(6)10/h1-15H;9-11,24-25H,1,5-7H2,2-4H3;1,5-6H2,2-4H3,(H,14,15,16);6H,1,3-4H2,2H3/q+1;;;/p-1. The molecule has 1 aliphatic carbocycles. The number of alkyl halides is 8. The van der Waals surface area contributed by atoms with Gasteiger partial charge in [0.15, 0.2) is 36.0 Å². The third-order valence-corrected chi connectivity index (χ3v) is 14.1. The Hall–Kier alpha value is -5.66. The van der Waals surface area contributed by atoms with Crippen LogP contribution in [0.5, 0.6) is 0 Å². The van der Waals surface area contributed by atoms with E-state index in [4.69, 9.17) is 14.2 Å². The zero-order valence-corrected chi connectivity index (χ0v) is 44.3. The molecule has 0 aromatic heterocycles. The third kappa shape index (κ3) is 20.4. The predicted molar refractivity (Wildman–Crippen MR) is 261 cm³/mol. The van der Waals surface area contributed by atoms with Gasteiger partial charge in [0.25, 0.3) is 0 Å². The highest BCUT2D eigenvalue weighted by molar-refractivity contribution is 7.97. The van der Waals surface area contributed by atoms with E-state index < -0.39 is 125 Å². The summed E-state index contributed by atoms with van der Waals surface area (Å²) in [5, 5.41) is 15.2. The van der Waals surface area contributed by atoms with Crippen molar-refractivity contribution in [3.05, 3.63) is 127 Å². The van der Waals surface area contributed by atoms with Gasteiger partial charge in [-0.3, -0.25) is 0 Å². The Balaban J connectivity index is 0.000000357. The summed E-state index contributed by atoms with van der Waals surface area (Å²) in [6.45, 7) is 16.5. The number of cyclic esters (lactones) is 1. The molecule has 2 fully saturated rings. The van der Waals surface area contributed by atoms with Crippen molar-refractivity contribution in [3.8, 4) is 0 Å². The highest BCUT2D eigenvalue weighted by Crippen LogP contribution is 2.50. The molecular formula is C52H62F8O14S2. The van der Waals surface area contributed by atoms with E-state index in [-0.39, 0.29) is 27.6 Å². The Morgan fingerprint density at radius 3 is 1.37 bits per heavy atom. The van der Waals surface area contributed by atoms with Crippen LogP contribution in [0, 0.1) is 11.8 Å². The molecule has 1 heterocycles. The second kappa shape index (κ2) is 27.6. The maximum Gasteiger partial charge on any atom is 0.417 e. The van der Waals surface area contributed by atoms with E-state index >= 15 is 0 Å². The van der Waals surface area contributed by atoms with E-state index in [1.165, 1.54) is 28.5 Å². The molecule has 3 aromatic carbocycles. The number of carbonyl (C=O) groups excluding carboxylic acids is 4. The average Bonchev–Trinajstić information content (AvgIpc) is 3.72. The molecule has 0 bridgehead atoms. The summed E-state index contributed by atoms with van der Waals surface area (Å²) >= 11 is 0. The molecule has 5 rings (SSSR count). The van der Waals surface area contributed by atoms with Gasteiger partial charge in [-0.05, 0) is 104 Å². The number of rotatable bonds is 15. The van der Waals surface area contributed by atoms with Gasteiger partial charge in [0, 0.05) is 29.4 Å². The Kier molecular flexibility index (Phi) is 24.1. The van der Waals surface area contributed by atoms with Crippen LogP contribution < -0.4 is 0 Å². The molecule has 5 unspecified atom stereocenters. The molecule has 1 saturated carbocycles. The van der Waals surface area contributed by atoms with Gasteiger partial charge in [0.1, 0.15) is 18.3 Å². The smallest absolute Gasteiger partial charge is 0.417 e. The maximum absolute atomic E-state index is 13.1. The fraction of sp³-hybridized carbons (Fsp3) is 0.462. The Bertz CT molecular complexity index is 2420. The van der Waals surface area contributed by atoms with Gasteiger partial charge in [0.2, 0.25) is 6.10 Å². The van der Waals surface area contributed by atoms with Crippen LogP contribution in [0.25, 0.3) is 0 Å². The number of hydrogen-bond acceptors (Lipinski definition) is 14. The van der Waals surface area contributed by atoms with E-state index in [0.29, 0.717) is 26.9 Å². The molecule has 0 radical (unpaired) electrons. The van der Waals surface area contributed by atoms with Crippen molar-refractivity contribution in [2.24, 2.45) is 11.8 Å². The molecule has 0 amide bonds. The maximum atomic E-state index is 13.1. The molecule has 3 aromatic rings. The van der Waals surface area contributed by atoms with E-state index in [2.05, 4.69) is 120 Å². The molecule has 1 saturated heterocycles. The molecule has 76 heavy (non-hydrogen) atoms. The van der Waals surface area contributed by atoms with Crippen LogP contribution in [0.15, 0.2) is 142 Å². The molecule has 14 nitrogen and oxygen atoms in total. The summed E-state index contributed by atoms with van der Waals surface area (Å²) < 4.78 is 158. The van der Waals surface area contributed by atoms with Gasteiger partial charge in [-0.15, -0.1) is 0 Å². The quantitative estimate of drug-likeness (QED) is 0.0362. The lowest BCUT2D eigenvalue weighted by Crippen LogP contribution is -2.57. The molecule has 24 heteroatoms. The normalized spacial score (nSPS) is 19.4. The zero-order valence-electron chi connectivity index (χ0n) is 42.7. The highest BCUT2D eigenvalue weighted by Gasteiger charge is 2.62. The summed E-state index contributed by atoms with van der Waals surface area (Å²) in [4.78, 5) is 48.8. The number of esters is 4. The Morgan fingerprint density at radius 2 is 1.05 bits per heavy atom. The number of halogens is 8. The lowest BCUT2D eigenvalue weighted by molar-refractivity contribution is -0.299. The second-order valence-corrected chi connectivity index (χ2v) is 22.3. The number of ether oxygens (including phenoxy) is 5. The minimum absolute atomic E-state index is 0.0146. The van der Waals surface area contributed by atoms with Gasteiger partial charge in [-0.2, -0.15) is 35.1 Å². The first-order valence-corrected chi connectivity index (χ1v) is 25.6. The molecule has 422 valence electrons. The predicted octanol–water partition coefficient (Wildman–Crippen LogP) is 9.76. The van der Waals surface area contributed by atoms with E-state index in [1.54, 1.807) is 20.8 Å². The molecule has 5 atom stereocenters. The Labute approximate surface area is 439 Å². The van der Waals surface area contributed by atoms with Crippen molar-refractivity contribution in [3.63, 3.8) is 0 Å². The number of benzene rings is 3. The van der Waals surface area contributed by atoms with Gasteiger partial charge in [-0.25, -0.2) is 27.6 Å². The summed E-state index contributed by atoms with van der Waals surface area (Å²) in [5.41, 5.74) is -7.46. The van der Waals surface area contributed by atoms with Crippen molar-refractivity contribution in [2.75, 3.05) is 19.8 Å². The topological polar surface area (TPSA) is 212 Å². The number of aliphatic hydroxyl groups is 2. The highest BCUT2D eigenvalue weighted by atomic mass is 32.2. The van der Waals surface area contributed by atoms with E-state index in [9.17, 15) is 77.5 Å². The monoisotopic (exact) mass is 1130 g/mol. The van der Waals surface area contributed by atoms with Gasteiger partial charge in [-0.1, -0.05) is 74.3 Å². The Morgan fingerprint density at radius 1 is 0.671 bits per heavy atom. The van der Waals surface area contributed by atoms with Crippen LogP contribution in [0.4, 0.5) is 35.1 Å². The van der Waals surface area contributed by atoms with Crippen molar-refractivity contribution in [1.82, 2.24) is 0 Å². The first-order valence-electron chi connectivity index (χ1n) is 22.9. The zero-order chi connectivity index (χ0) is 58.3. The summed E-state index contributed by atoms with van der Waals surface area (Å²) in [6.07, 6.45) is -13.5. The van der Waals surface area contributed by atoms with Crippen molar-refractivity contribution < 1.29 is 101 Å². The van der Waals surface area contributed by atoms with Crippen LogP contribution in [0.3, 0.4) is 0 Å². The molecule has 1 aliphatic heterocycles. The first kappa shape index (κ1) is 66.5. The second-order valence-electron chi connectivity index (χ2n) is 18.8. The van der Waals surface area contributed by atoms with Gasteiger partial charge in [0.05, 0.1) is 29.7 Å². The minimum atomic E-state index is -5.80. The average molecular weight is 1130 g/mol. The fourth-order valence-corrected chi connectivity index (χ4v) is 8.99. The third-order valence-electron chi connectivity index (χ3n) is 11.0. The van der Waals surface area contributed by atoms with Crippen molar-refractivity contribution >= 4 is 44.9 Å². The lowest BCUT2D eigenvalue weighted by atomic mass is 9.67. The van der Waals surface area contributed by atoms with Crippen LogP contribution in [0.2, 0.25) is 0 Å². The minimum Gasteiger partial charge on any atom is -0.743 e. The first-order chi connectivity index (χ1) is 34.7. The van der Waals surface area contributed by atoms with E-state index in [0.717, 1.165) is 0 Å². The van der Waals surface area contributed by atoms with Crippen molar-refractivity contribution in [1.29, 1.82) is 0 Å². The summed E-state index contributed by atoms with van der Waals surface area (Å²) in [5.74, 6) is -6.23. The summed E-state index contributed by atoms with van der Waals surface area (Å²) in [7, 11) is -5.82. The van der Waals surface area contributed by atoms with Gasteiger partial charge >= 0.3 is 41.5 Å². The lowest BCUT2D eigenvalue weighted by Gasteiger charge is -2.46. The van der Waals surface area contributed by atoms with Crippen LogP contribution >= 0.6 is 0 Å².